The van der Waals surface area contributed by atoms with Gasteiger partial charge in [0.15, 0.2) is 0 Å². The first kappa shape index (κ1) is 6.26. The number of hydrogen-bond donors (Lipinski definition) is 1. The lowest BCUT2D eigenvalue weighted by Gasteiger charge is -1.91. The zero-order chi connectivity index (χ0) is 5.91. The summed E-state index contributed by atoms with van der Waals surface area (Å²) in [5, 5.41) is 9.01. The van der Waals surface area contributed by atoms with Crippen molar-refractivity contribution in [2.75, 3.05) is 0 Å². The van der Waals surface area contributed by atoms with Gasteiger partial charge in [-0.2, -0.15) is 13.2 Å². The molecule has 0 atom stereocenters. The second-order valence-electron chi connectivity index (χ2n) is 0.786. The fourth-order valence-corrected chi connectivity index (χ4v) is 0.0655. The first-order chi connectivity index (χ1) is 3.06. The summed E-state index contributed by atoms with van der Waals surface area (Å²) in [6, 6.07) is 0. The van der Waals surface area contributed by atoms with E-state index in [1.807, 2.05) is 0 Å². The van der Waals surface area contributed by atoms with E-state index < -0.39 is 12.4 Å². The number of nitrogens with zero attached hydrogens (tertiary/aromatic N) is 1. The van der Waals surface area contributed by atoms with E-state index in [1.54, 1.807) is 5.16 Å². The molecule has 0 spiro atoms. The van der Waals surface area contributed by atoms with Gasteiger partial charge >= 0.3 is 6.18 Å². The Morgan fingerprint density at radius 1 is 1.43 bits per heavy atom. The maximum atomic E-state index is 10.7. The highest BCUT2D eigenvalue weighted by molar-refractivity contribution is 5.62. The lowest BCUT2D eigenvalue weighted by atomic mass is 10.7. The molecule has 0 aliphatic rings. The smallest absolute Gasteiger partial charge is 0.411 e. The molecule has 0 unspecified atom stereocenters. The first-order valence-electron chi connectivity index (χ1n) is 1.31. The van der Waals surface area contributed by atoms with Crippen molar-refractivity contribution >= 4 is 6.21 Å². The van der Waals surface area contributed by atoms with Crippen LogP contribution in [0, 0.1) is 0 Å². The van der Waals surface area contributed by atoms with Crippen LogP contribution in [0.4, 0.5) is 13.2 Å². The summed E-state index contributed by atoms with van der Waals surface area (Å²) in [5.74, 6) is 0. The number of alkyl halides is 3. The van der Waals surface area contributed by atoms with Crippen molar-refractivity contribution in [2.45, 2.75) is 6.18 Å². The molecule has 0 aromatic carbocycles. The SMILES string of the molecule is O/N=C\C(F)(F)F. The maximum Gasteiger partial charge on any atom is 0.429 e. The van der Waals surface area contributed by atoms with Gasteiger partial charge in [0, 0.05) is 0 Å². The Bertz CT molecular complexity index is 75.5. The standard InChI is InChI=1S/C2H2F3NO/c3-2(4,5)1-6-7/h1,7H/b6-1-. The minimum Gasteiger partial charge on any atom is -0.411 e. The lowest BCUT2D eigenvalue weighted by molar-refractivity contribution is -0.0553. The van der Waals surface area contributed by atoms with E-state index in [4.69, 9.17) is 5.21 Å². The summed E-state index contributed by atoms with van der Waals surface area (Å²) >= 11 is 0. The summed E-state index contributed by atoms with van der Waals surface area (Å²) < 4.78 is 32.2. The van der Waals surface area contributed by atoms with Crippen molar-refractivity contribution in [1.29, 1.82) is 0 Å². The zero-order valence-corrected chi connectivity index (χ0v) is 3.11. The Balaban J connectivity index is 3.56. The predicted molar refractivity (Wildman–Crippen MR) is 16.3 cm³/mol. The summed E-state index contributed by atoms with van der Waals surface area (Å²) in [6.45, 7) is 0. The second-order valence-corrected chi connectivity index (χ2v) is 0.786. The van der Waals surface area contributed by atoms with E-state index in [0.717, 1.165) is 0 Å². The van der Waals surface area contributed by atoms with Gasteiger partial charge in [-0.3, -0.25) is 0 Å². The minimum absolute atomic E-state index is 0.507. The molecule has 0 aliphatic carbocycles. The van der Waals surface area contributed by atoms with Gasteiger partial charge in [0.1, 0.15) is 6.21 Å². The largest absolute Gasteiger partial charge is 0.429 e. The van der Waals surface area contributed by atoms with Crippen molar-refractivity contribution in [3.8, 4) is 0 Å². The van der Waals surface area contributed by atoms with Crippen molar-refractivity contribution in [2.24, 2.45) is 5.16 Å². The van der Waals surface area contributed by atoms with Crippen LogP contribution in [-0.2, 0) is 0 Å². The van der Waals surface area contributed by atoms with Crippen LogP contribution in [0.5, 0.6) is 0 Å². The molecule has 0 bridgehead atoms. The number of rotatable bonds is 0. The third kappa shape index (κ3) is 5.26. The van der Waals surface area contributed by atoms with E-state index in [0.29, 0.717) is 0 Å². The van der Waals surface area contributed by atoms with Crippen molar-refractivity contribution in [3.05, 3.63) is 0 Å². The van der Waals surface area contributed by atoms with E-state index >= 15 is 0 Å². The van der Waals surface area contributed by atoms with Crippen LogP contribution in [-0.4, -0.2) is 17.6 Å². The number of oxime groups is 1. The Kier molecular flexibility index (Phi) is 1.62. The monoisotopic (exact) mass is 113 g/mol. The molecule has 5 heteroatoms. The quantitative estimate of drug-likeness (QED) is 0.284. The summed E-state index contributed by atoms with van der Waals surface area (Å²) in [4.78, 5) is 0. The molecule has 0 aromatic heterocycles. The summed E-state index contributed by atoms with van der Waals surface area (Å²) in [5.41, 5.74) is 0. The third-order valence-corrected chi connectivity index (χ3v) is 0.204. The van der Waals surface area contributed by atoms with Gasteiger partial charge in [-0.05, 0) is 0 Å². The fraction of sp³-hybridized carbons (Fsp3) is 0.500. The fourth-order valence-electron chi connectivity index (χ4n) is 0.0655. The lowest BCUT2D eigenvalue weighted by Crippen LogP contribution is -2.07. The highest BCUT2D eigenvalue weighted by atomic mass is 19.4. The van der Waals surface area contributed by atoms with Gasteiger partial charge < -0.3 is 5.21 Å². The Labute approximate surface area is 37.2 Å². The molecule has 0 saturated carbocycles. The normalized spacial score (nSPS) is 13.0. The average molecular weight is 113 g/mol. The van der Waals surface area contributed by atoms with E-state index in [-0.39, 0.29) is 0 Å². The Morgan fingerprint density at radius 3 is 1.86 bits per heavy atom. The molecule has 0 rings (SSSR count). The van der Waals surface area contributed by atoms with Crippen molar-refractivity contribution in [1.82, 2.24) is 0 Å². The van der Waals surface area contributed by atoms with Crippen LogP contribution in [0.2, 0.25) is 0 Å². The predicted octanol–water partition coefficient (Wildman–Crippen LogP) is 1.01. The summed E-state index contributed by atoms with van der Waals surface area (Å²) in [6.07, 6.45) is -5.00. The molecule has 0 heterocycles. The molecule has 7 heavy (non-hydrogen) atoms. The molecular formula is C2H2F3NO. The highest BCUT2D eigenvalue weighted by Gasteiger charge is 2.23. The van der Waals surface area contributed by atoms with E-state index in [2.05, 4.69) is 0 Å². The van der Waals surface area contributed by atoms with E-state index in [9.17, 15) is 13.2 Å². The van der Waals surface area contributed by atoms with Crippen LogP contribution in [0.3, 0.4) is 0 Å². The molecular weight excluding hydrogens is 111 g/mol. The van der Waals surface area contributed by atoms with Gasteiger partial charge in [-0.25, -0.2) is 0 Å². The molecule has 0 amide bonds. The Hall–Kier alpha value is -0.740. The highest BCUT2D eigenvalue weighted by Crippen LogP contribution is 2.09. The van der Waals surface area contributed by atoms with Crippen molar-refractivity contribution in [3.63, 3.8) is 0 Å². The molecule has 0 fully saturated rings. The minimum atomic E-state index is -4.49. The average Bonchev–Trinajstić information content (AvgIpc) is 1.30. The molecule has 0 aromatic rings. The molecule has 0 saturated heterocycles. The van der Waals surface area contributed by atoms with Gasteiger partial charge in [-0.15, -0.1) is 0 Å². The van der Waals surface area contributed by atoms with Gasteiger partial charge in [0.05, 0.1) is 0 Å². The third-order valence-electron chi connectivity index (χ3n) is 0.204. The Morgan fingerprint density at radius 2 is 1.86 bits per heavy atom. The maximum absolute atomic E-state index is 10.7. The van der Waals surface area contributed by atoms with Crippen LogP contribution in [0.15, 0.2) is 5.16 Å². The molecule has 0 aliphatic heterocycles. The van der Waals surface area contributed by atoms with Gasteiger partial charge in [-0.1, -0.05) is 5.16 Å². The van der Waals surface area contributed by atoms with Gasteiger partial charge in [0.25, 0.3) is 0 Å². The second kappa shape index (κ2) is 1.81. The number of halogens is 3. The van der Waals surface area contributed by atoms with Gasteiger partial charge in [0.2, 0.25) is 0 Å². The van der Waals surface area contributed by atoms with Crippen LogP contribution >= 0.6 is 0 Å². The molecule has 0 radical (unpaired) electrons. The number of hydrogen-bond acceptors (Lipinski definition) is 2. The topological polar surface area (TPSA) is 32.6 Å². The zero-order valence-electron chi connectivity index (χ0n) is 3.11. The molecule has 2 nitrogen and oxygen atoms in total. The van der Waals surface area contributed by atoms with Crippen LogP contribution in [0.1, 0.15) is 0 Å². The first-order valence-corrected chi connectivity index (χ1v) is 1.31. The van der Waals surface area contributed by atoms with Crippen LogP contribution in [0.25, 0.3) is 0 Å². The molecule has 1 N–H and O–H groups in total. The van der Waals surface area contributed by atoms with Crippen LogP contribution < -0.4 is 0 Å². The molecule has 42 valence electrons. The summed E-state index contributed by atoms with van der Waals surface area (Å²) in [7, 11) is 0. The van der Waals surface area contributed by atoms with Crippen molar-refractivity contribution < 1.29 is 18.4 Å². The van der Waals surface area contributed by atoms with E-state index in [1.165, 1.54) is 0 Å².